The van der Waals surface area contributed by atoms with E-state index in [0.717, 1.165) is 24.1 Å². The second-order valence-electron chi connectivity index (χ2n) is 6.11. The molecule has 23 heavy (non-hydrogen) atoms. The highest BCUT2D eigenvalue weighted by molar-refractivity contribution is 6.01. The summed E-state index contributed by atoms with van der Waals surface area (Å²) in [6.45, 7) is 4.11. The zero-order valence-electron chi connectivity index (χ0n) is 13.6. The molecule has 3 heteroatoms. The van der Waals surface area contributed by atoms with Crippen molar-refractivity contribution >= 4 is 11.6 Å². The predicted molar refractivity (Wildman–Crippen MR) is 93.4 cm³/mol. The lowest BCUT2D eigenvalue weighted by molar-refractivity contribution is -0.122. The van der Waals surface area contributed by atoms with Gasteiger partial charge in [-0.25, -0.2) is 5.43 Å². The summed E-state index contributed by atoms with van der Waals surface area (Å²) >= 11 is 0. The fourth-order valence-corrected chi connectivity index (χ4v) is 2.85. The van der Waals surface area contributed by atoms with Crippen molar-refractivity contribution in [3.63, 3.8) is 0 Å². The lowest BCUT2D eigenvalue weighted by Crippen LogP contribution is -2.22. The highest BCUT2D eigenvalue weighted by Crippen LogP contribution is 2.47. The molecule has 1 fully saturated rings. The molecule has 2 aromatic rings. The molecule has 3 rings (SSSR count). The molecule has 0 spiro atoms. The molecule has 1 amide bonds. The normalized spacial score (nSPS) is 20.2. The van der Waals surface area contributed by atoms with Crippen LogP contribution in [0.25, 0.3) is 0 Å². The van der Waals surface area contributed by atoms with E-state index in [1.807, 2.05) is 30.3 Å². The molecule has 0 saturated heterocycles. The molecule has 0 heterocycles. The Balaban J connectivity index is 1.63. The van der Waals surface area contributed by atoms with Crippen molar-refractivity contribution in [1.82, 2.24) is 5.43 Å². The number of benzene rings is 2. The molecule has 0 aliphatic heterocycles. The third-order valence-corrected chi connectivity index (χ3v) is 4.38. The van der Waals surface area contributed by atoms with Gasteiger partial charge < -0.3 is 0 Å². The number of carbonyl (C=O) groups excluding carboxylic acids is 1. The Labute approximate surface area is 137 Å². The highest BCUT2D eigenvalue weighted by atomic mass is 16.2. The largest absolute Gasteiger partial charge is 0.273 e. The molecule has 1 saturated carbocycles. The number of amides is 1. The van der Waals surface area contributed by atoms with Gasteiger partial charge in [-0.1, -0.05) is 67.1 Å². The molecular formula is C20H22N2O. The fraction of sp³-hybridized carbons (Fsp3) is 0.300. The molecule has 2 unspecified atom stereocenters. The van der Waals surface area contributed by atoms with Crippen LogP contribution in [0.4, 0.5) is 0 Å². The van der Waals surface area contributed by atoms with Crippen molar-refractivity contribution in [2.75, 3.05) is 0 Å². The summed E-state index contributed by atoms with van der Waals surface area (Å²) in [5.74, 6) is 0.421. The van der Waals surface area contributed by atoms with Gasteiger partial charge in [0.15, 0.2) is 0 Å². The minimum Gasteiger partial charge on any atom is -0.273 e. The van der Waals surface area contributed by atoms with E-state index < -0.39 is 0 Å². The number of hydrogen-bond donors (Lipinski definition) is 1. The van der Waals surface area contributed by atoms with Gasteiger partial charge >= 0.3 is 0 Å². The van der Waals surface area contributed by atoms with Crippen LogP contribution in [0.3, 0.4) is 0 Å². The summed E-state index contributed by atoms with van der Waals surface area (Å²) in [4.78, 5) is 12.3. The number of hydrazone groups is 1. The first-order chi connectivity index (χ1) is 11.2. The van der Waals surface area contributed by atoms with Crippen molar-refractivity contribution in [3.05, 3.63) is 71.3 Å². The molecule has 1 aliphatic rings. The number of rotatable bonds is 5. The molecule has 1 aliphatic carbocycles. The van der Waals surface area contributed by atoms with Gasteiger partial charge in [-0.15, -0.1) is 0 Å². The van der Waals surface area contributed by atoms with Crippen LogP contribution in [-0.2, 0) is 4.79 Å². The van der Waals surface area contributed by atoms with Crippen molar-refractivity contribution in [2.45, 2.75) is 32.6 Å². The van der Waals surface area contributed by atoms with E-state index in [1.165, 1.54) is 11.1 Å². The van der Waals surface area contributed by atoms with Gasteiger partial charge in [0.1, 0.15) is 0 Å². The van der Waals surface area contributed by atoms with Crippen molar-refractivity contribution in [2.24, 2.45) is 11.0 Å². The molecule has 3 nitrogen and oxygen atoms in total. The lowest BCUT2D eigenvalue weighted by atomic mass is 10.1. The van der Waals surface area contributed by atoms with Crippen LogP contribution in [-0.4, -0.2) is 11.6 Å². The van der Waals surface area contributed by atoms with Gasteiger partial charge in [0, 0.05) is 5.92 Å². The zero-order valence-corrected chi connectivity index (χ0v) is 13.6. The van der Waals surface area contributed by atoms with Crippen LogP contribution in [0.15, 0.2) is 59.7 Å². The first kappa shape index (κ1) is 15.5. The fourth-order valence-electron chi connectivity index (χ4n) is 2.85. The van der Waals surface area contributed by atoms with Gasteiger partial charge in [-0.3, -0.25) is 4.79 Å². The van der Waals surface area contributed by atoms with E-state index in [9.17, 15) is 4.79 Å². The molecule has 0 aromatic heterocycles. The van der Waals surface area contributed by atoms with E-state index in [2.05, 4.69) is 48.6 Å². The highest BCUT2D eigenvalue weighted by Gasteiger charge is 2.43. The maximum Gasteiger partial charge on any atom is 0.243 e. The number of aryl methyl sites for hydroxylation is 1. The van der Waals surface area contributed by atoms with Gasteiger partial charge in [0.05, 0.1) is 5.71 Å². The second kappa shape index (κ2) is 6.78. The van der Waals surface area contributed by atoms with Gasteiger partial charge in [0.2, 0.25) is 5.91 Å². The van der Waals surface area contributed by atoms with Crippen LogP contribution in [0.1, 0.15) is 42.4 Å². The summed E-state index contributed by atoms with van der Waals surface area (Å²) in [7, 11) is 0. The number of carbonyl (C=O) groups is 1. The summed E-state index contributed by atoms with van der Waals surface area (Å²) < 4.78 is 0. The monoisotopic (exact) mass is 306 g/mol. The Morgan fingerprint density at radius 3 is 2.48 bits per heavy atom. The average Bonchev–Trinajstić information content (AvgIpc) is 3.38. The Bertz CT molecular complexity index is 704. The summed E-state index contributed by atoms with van der Waals surface area (Å²) in [5.41, 5.74) is 7.19. The Hall–Kier alpha value is -2.42. The third kappa shape index (κ3) is 3.67. The Kier molecular flexibility index (Phi) is 4.56. The zero-order chi connectivity index (χ0) is 16.2. The quantitative estimate of drug-likeness (QED) is 0.657. The van der Waals surface area contributed by atoms with E-state index in [-0.39, 0.29) is 11.8 Å². The Morgan fingerprint density at radius 2 is 1.83 bits per heavy atom. The van der Waals surface area contributed by atoms with Gasteiger partial charge in [0.25, 0.3) is 0 Å². The molecule has 0 bridgehead atoms. The molecular weight excluding hydrogens is 284 g/mol. The van der Waals surface area contributed by atoms with E-state index in [0.29, 0.717) is 5.92 Å². The maximum atomic E-state index is 12.3. The lowest BCUT2D eigenvalue weighted by Gasteiger charge is -2.06. The SMILES string of the molecule is CC/C(=N\NC(=O)C1CC1c1ccccc1)c1ccc(C)cc1. The maximum absolute atomic E-state index is 12.3. The van der Waals surface area contributed by atoms with Crippen LogP contribution in [0.5, 0.6) is 0 Å². The van der Waals surface area contributed by atoms with Gasteiger partial charge in [-0.05, 0) is 36.8 Å². The van der Waals surface area contributed by atoms with Crippen molar-refractivity contribution < 1.29 is 4.79 Å². The molecule has 118 valence electrons. The summed E-state index contributed by atoms with van der Waals surface area (Å²) in [6, 6.07) is 18.4. The molecule has 1 N–H and O–H groups in total. The smallest absolute Gasteiger partial charge is 0.243 e. The minimum atomic E-state index is 0.0249. The van der Waals surface area contributed by atoms with Crippen LogP contribution < -0.4 is 5.43 Å². The second-order valence-corrected chi connectivity index (χ2v) is 6.11. The van der Waals surface area contributed by atoms with Crippen LogP contribution in [0.2, 0.25) is 0 Å². The van der Waals surface area contributed by atoms with Crippen molar-refractivity contribution in [1.29, 1.82) is 0 Å². The average molecular weight is 306 g/mol. The third-order valence-electron chi connectivity index (χ3n) is 4.38. The standard InChI is InChI=1S/C20H22N2O/c1-3-19(16-11-9-14(2)10-12-16)21-22-20(23)18-13-17(18)15-7-5-4-6-8-15/h4-12,17-18H,3,13H2,1-2H3,(H,22,23)/b21-19+. The predicted octanol–water partition coefficient (Wildman–Crippen LogP) is 4.03. The van der Waals surface area contributed by atoms with E-state index >= 15 is 0 Å². The minimum absolute atomic E-state index is 0.0249. The first-order valence-electron chi connectivity index (χ1n) is 8.17. The van der Waals surface area contributed by atoms with E-state index in [1.54, 1.807) is 0 Å². The summed E-state index contributed by atoms with van der Waals surface area (Å²) in [6.07, 6.45) is 1.70. The van der Waals surface area contributed by atoms with E-state index in [4.69, 9.17) is 0 Å². The van der Waals surface area contributed by atoms with Crippen molar-refractivity contribution in [3.8, 4) is 0 Å². The molecule has 2 aromatic carbocycles. The van der Waals surface area contributed by atoms with Gasteiger partial charge in [-0.2, -0.15) is 5.10 Å². The summed E-state index contributed by atoms with van der Waals surface area (Å²) in [5, 5.41) is 4.35. The van der Waals surface area contributed by atoms with Crippen LogP contribution in [0, 0.1) is 12.8 Å². The van der Waals surface area contributed by atoms with Crippen LogP contribution >= 0.6 is 0 Å². The topological polar surface area (TPSA) is 41.5 Å². The number of hydrogen-bond acceptors (Lipinski definition) is 2. The number of nitrogens with zero attached hydrogens (tertiary/aromatic N) is 1. The Morgan fingerprint density at radius 1 is 1.13 bits per heavy atom. The molecule has 0 radical (unpaired) electrons. The molecule has 2 atom stereocenters. The number of nitrogens with one attached hydrogen (secondary N) is 1. The first-order valence-corrected chi connectivity index (χ1v) is 8.17.